The van der Waals surface area contributed by atoms with Crippen LogP contribution in [0.2, 0.25) is 0 Å². The second-order valence-electron chi connectivity index (χ2n) is 1.92. The van der Waals surface area contributed by atoms with Gasteiger partial charge in [0.1, 0.15) is 0 Å². The lowest BCUT2D eigenvalue weighted by Crippen LogP contribution is -2.33. The third-order valence-electron chi connectivity index (χ3n) is 1.17. The van der Waals surface area contributed by atoms with E-state index < -0.39 is 12.0 Å². The molecule has 0 radical (unpaired) electrons. The van der Waals surface area contributed by atoms with Gasteiger partial charge in [-0.1, -0.05) is 5.22 Å². The van der Waals surface area contributed by atoms with Crippen LogP contribution in [-0.4, -0.2) is 23.2 Å². The fourth-order valence-electron chi connectivity index (χ4n) is 0.620. The molecular weight excluding hydrogens is 122 g/mol. The van der Waals surface area contributed by atoms with E-state index in [1.54, 1.807) is 6.92 Å². The zero-order valence-electron chi connectivity index (χ0n) is 4.90. The second-order valence-corrected chi connectivity index (χ2v) is 1.92. The summed E-state index contributed by atoms with van der Waals surface area (Å²) in [6.07, 6.45) is 0. The molecule has 0 aromatic rings. The molecule has 0 amide bonds. The van der Waals surface area contributed by atoms with E-state index >= 15 is 0 Å². The number of nitrogens with one attached hydrogen (secondary N) is 1. The highest BCUT2D eigenvalue weighted by molar-refractivity contribution is 5.74. The molecule has 9 heavy (non-hydrogen) atoms. The number of rotatable bonds is 1. The van der Waals surface area contributed by atoms with Crippen LogP contribution in [0.3, 0.4) is 0 Å². The standard InChI is InChI=1S/C4H7N3O2/c1-2-3(4(8)9)6-7-5-2/h2-3H,1H3,(H,5,6)(H,8,9). The molecule has 0 bridgehead atoms. The molecule has 0 fully saturated rings. The zero-order valence-corrected chi connectivity index (χ0v) is 4.90. The molecule has 1 heterocycles. The predicted octanol–water partition coefficient (Wildman–Crippen LogP) is -0.202. The molecule has 1 aliphatic heterocycles. The molecule has 5 heteroatoms. The van der Waals surface area contributed by atoms with E-state index in [1.807, 2.05) is 0 Å². The zero-order chi connectivity index (χ0) is 6.85. The van der Waals surface area contributed by atoms with Gasteiger partial charge >= 0.3 is 5.97 Å². The van der Waals surface area contributed by atoms with Gasteiger partial charge in [-0.3, -0.25) is 5.43 Å². The van der Waals surface area contributed by atoms with E-state index in [0.717, 1.165) is 0 Å². The fourth-order valence-corrected chi connectivity index (χ4v) is 0.620. The Morgan fingerprint density at radius 3 is 2.67 bits per heavy atom. The Bertz CT molecular complexity index is 156. The van der Waals surface area contributed by atoms with Crippen molar-refractivity contribution < 1.29 is 9.90 Å². The lowest BCUT2D eigenvalue weighted by atomic mass is 10.2. The molecule has 0 aliphatic carbocycles. The molecular formula is C4H7N3O2. The van der Waals surface area contributed by atoms with Gasteiger partial charge in [0.2, 0.25) is 0 Å². The van der Waals surface area contributed by atoms with Gasteiger partial charge in [0, 0.05) is 0 Å². The van der Waals surface area contributed by atoms with Crippen molar-refractivity contribution in [3.63, 3.8) is 0 Å². The van der Waals surface area contributed by atoms with Crippen molar-refractivity contribution in [1.82, 2.24) is 5.43 Å². The topological polar surface area (TPSA) is 74.0 Å². The van der Waals surface area contributed by atoms with Gasteiger partial charge in [-0.25, -0.2) is 4.79 Å². The number of aliphatic carboxylic acids is 1. The van der Waals surface area contributed by atoms with Gasteiger partial charge in [-0.2, -0.15) is 5.11 Å². The van der Waals surface area contributed by atoms with Gasteiger partial charge in [0.25, 0.3) is 0 Å². The third kappa shape index (κ3) is 0.984. The minimum Gasteiger partial charge on any atom is -0.480 e. The maximum Gasteiger partial charge on any atom is 0.332 e. The summed E-state index contributed by atoms with van der Waals surface area (Å²) in [4.78, 5) is 10.2. The molecule has 0 spiro atoms. The Hall–Kier alpha value is -1.13. The van der Waals surface area contributed by atoms with E-state index in [9.17, 15) is 4.79 Å². The highest BCUT2D eigenvalue weighted by Crippen LogP contribution is 2.05. The first-order valence-corrected chi connectivity index (χ1v) is 2.60. The quantitative estimate of drug-likeness (QED) is 0.514. The SMILES string of the molecule is CC1NN=NC1C(=O)O. The van der Waals surface area contributed by atoms with Crippen LogP contribution in [-0.2, 0) is 4.79 Å². The van der Waals surface area contributed by atoms with Crippen molar-refractivity contribution in [2.24, 2.45) is 10.3 Å². The average molecular weight is 129 g/mol. The molecule has 2 atom stereocenters. The number of carbonyl (C=O) groups is 1. The predicted molar refractivity (Wildman–Crippen MR) is 28.9 cm³/mol. The van der Waals surface area contributed by atoms with E-state index in [-0.39, 0.29) is 6.04 Å². The highest BCUT2D eigenvalue weighted by atomic mass is 16.4. The number of hydrogen-bond donors (Lipinski definition) is 2. The number of nitrogens with zero attached hydrogens (tertiary/aromatic N) is 2. The summed E-state index contributed by atoms with van der Waals surface area (Å²) >= 11 is 0. The van der Waals surface area contributed by atoms with E-state index in [2.05, 4.69) is 15.8 Å². The van der Waals surface area contributed by atoms with Crippen LogP contribution >= 0.6 is 0 Å². The lowest BCUT2D eigenvalue weighted by Gasteiger charge is -2.03. The van der Waals surface area contributed by atoms with Crippen molar-refractivity contribution in [1.29, 1.82) is 0 Å². The van der Waals surface area contributed by atoms with Crippen LogP contribution in [0.25, 0.3) is 0 Å². The first-order chi connectivity index (χ1) is 4.22. The minimum atomic E-state index is -0.934. The summed E-state index contributed by atoms with van der Waals surface area (Å²) in [6, 6.07) is -0.882. The molecule has 0 saturated heterocycles. The number of carboxylic acid groups (broad SMARTS) is 1. The number of carboxylic acids is 1. The molecule has 0 saturated carbocycles. The van der Waals surface area contributed by atoms with Crippen LogP contribution in [0, 0.1) is 0 Å². The Morgan fingerprint density at radius 2 is 2.44 bits per heavy atom. The average Bonchev–Trinajstić information content (AvgIpc) is 2.13. The third-order valence-corrected chi connectivity index (χ3v) is 1.17. The smallest absolute Gasteiger partial charge is 0.332 e. The number of hydrogen-bond acceptors (Lipinski definition) is 4. The van der Waals surface area contributed by atoms with Gasteiger partial charge in [0.15, 0.2) is 6.04 Å². The van der Waals surface area contributed by atoms with Gasteiger partial charge < -0.3 is 5.11 Å². The molecule has 0 aromatic carbocycles. The van der Waals surface area contributed by atoms with Crippen LogP contribution in [0.1, 0.15) is 6.92 Å². The Kier molecular flexibility index (Phi) is 1.33. The highest BCUT2D eigenvalue weighted by Gasteiger charge is 2.27. The fraction of sp³-hybridized carbons (Fsp3) is 0.750. The summed E-state index contributed by atoms with van der Waals surface area (Å²) in [5.74, 6) is -0.934. The van der Waals surface area contributed by atoms with Gasteiger partial charge in [-0.05, 0) is 6.92 Å². The summed E-state index contributed by atoms with van der Waals surface area (Å²) < 4.78 is 0. The molecule has 1 aliphatic rings. The van der Waals surface area contributed by atoms with Crippen molar-refractivity contribution in [2.45, 2.75) is 19.0 Å². The van der Waals surface area contributed by atoms with E-state index in [1.165, 1.54) is 0 Å². The Balaban J connectivity index is 2.59. The largest absolute Gasteiger partial charge is 0.480 e. The molecule has 2 N–H and O–H groups in total. The molecule has 50 valence electrons. The monoisotopic (exact) mass is 129 g/mol. The van der Waals surface area contributed by atoms with Gasteiger partial charge in [-0.15, -0.1) is 0 Å². The van der Waals surface area contributed by atoms with Crippen molar-refractivity contribution in [3.05, 3.63) is 0 Å². The van der Waals surface area contributed by atoms with Crippen LogP contribution in [0.15, 0.2) is 10.3 Å². The van der Waals surface area contributed by atoms with Crippen LogP contribution in [0.4, 0.5) is 0 Å². The van der Waals surface area contributed by atoms with E-state index in [4.69, 9.17) is 5.11 Å². The Morgan fingerprint density at radius 1 is 1.78 bits per heavy atom. The van der Waals surface area contributed by atoms with Gasteiger partial charge in [0.05, 0.1) is 6.04 Å². The van der Waals surface area contributed by atoms with Crippen molar-refractivity contribution >= 4 is 5.97 Å². The molecule has 0 aromatic heterocycles. The minimum absolute atomic E-state index is 0.178. The molecule has 2 unspecified atom stereocenters. The molecule has 1 rings (SSSR count). The summed E-state index contributed by atoms with van der Waals surface area (Å²) in [5.41, 5.74) is 2.53. The maximum atomic E-state index is 10.2. The normalized spacial score (nSPS) is 32.1. The summed E-state index contributed by atoms with van der Waals surface area (Å²) in [7, 11) is 0. The van der Waals surface area contributed by atoms with Crippen molar-refractivity contribution in [2.75, 3.05) is 0 Å². The lowest BCUT2D eigenvalue weighted by molar-refractivity contribution is -0.138. The molecule has 5 nitrogen and oxygen atoms in total. The summed E-state index contributed by atoms with van der Waals surface area (Å²) in [6.45, 7) is 1.72. The van der Waals surface area contributed by atoms with Crippen LogP contribution in [0.5, 0.6) is 0 Å². The summed E-state index contributed by atoms with van der Waals surface area (Å²) in [5, 5.41) is 15.2. The second kappa shape index (κ2) is 2.00. The van der Waals surface area contributed by atoms with Crippen LogP contribution < -0.4 is 5.43 Å². The van der Waals surface area contributed by atoms with E-state index in [0.29, 0.717) is 0 Å². The maximum absolute atomic E-state index is 10.2. The Labute approximate surface area is 51.8 Å². The first kappa shape index (κ1) is 6.00. The first-order valence-electron chi connectivity index (χ1n) is 2.60. The van der Waals surface area contributed by atoms with Crippen molar-refractivity contribution in [3.8, 4) is 0 Å².